The Labute approximate surface area is 85.0 Å². The number of halogens is 2. The van der Waals surface area contributed by atoms with Crippen LogP contribution in [-0.2, 0) is 6.61 Å². The highest BCUT2D eigenvalue weighted by Crippen LogP contribution is 2.28. The molecule has 0 fully saturated rings. The first-order chi connectivity index (χ1) is 6.74. The van der Waals surface area contributed by atoms with E-state index in [0.717, 1.165) is 0 Å². The molecule has 0 spiro atoms. The third kappa shape index (κ3) is 1.35. The quantitative estimate of drug-likeness (QED) is 0.786. The van der Waals surface area contributed by atoms with Crippen LogP contribution in [0.3, 0.4) is 0 Å². The monoisotopic (exact) mass is 211 g/mol. The number of benzene rings is 1. The molecule has 0 bridgehead atoms. The molecule has 1 aromatic heterocycles. The fourth-order valence-corrected chi connectivity index (χ4v) is 1.67. The summed E-state index contributed by atoms with van der Waals surface area (Å²) in [6, 6.07) is 2.89. The maximum Gasteiger partial charge on any atom is 0.130 e. The van der Waals surface area contributed by atoms with Gasteiger partial charge in [0.2, 0.25) is 0 Å². The molecule has 14 heavy (non-hydrogen) atoms. The van der Waals surface area contributed by atoms with Gasteiger partial charge in [0.25, 0.3) is 0 Å². The van der Waals surface area contributed by atoms with E-state index in [9.17, 15) is 4.39 Å². The number of fused-ring (bicyclic) bond motifs is 1. The van der Waals surface area contributed by atoms with Crippen LogP contribution in [0.15, 0.2) is 24.5 Å². The molecule has 1 aromatic carbocycles. The number of aliphatic hydroxyl groups excluding tert-OH is 1. The van der Waals surface area contributed by atoms with Gasteiger partial charge >= 0.3 is 0 Å². The zero-order valence-corrected chi connectivity index (χ0v) is 7.92. The minimum atomic E-state index is -0.502. The summed E-state index contributed by atoms with van der Waals surface area (Å²) in [7, 11) is 0. The Bertz CT molecular complexity index is 487. The van der Waals surface area contributed by atoms with Gasteiger partial charge in [-0.05, 0) is 12.1 Å². The van der Waals surface area contributed by atoms with Crippen LogP contribution in [-0.4, -0.2) is 10.1 Å². The number of aromatic nitrogens is 1. The molecule has 1 N–H and O–H groups in total. The fourth-order valence-electron chi connectivity index (χ4n) is 1.41. The Kier molecular flexibility index (Phi) is 2.35. The second kappa shape index (κ2) is 3.52. The lowest BCUT2D eigenvalue weighted by Crippen LogP contribution is -1.93. The van der Waals surface area contributed by atoms with Crippen molar-refractivity contribution >= 4 is 22.4 Å². The van der Waals surface area contributed by atoms with E-state index in [1.165, 1.54) is 12.3 Å². The van der Waals surface area contributed by atoms with Crippen molar-refractivity contribution in [3.05, 3.63) is 40.9 Å². The highest BCUT2D eigenvalue weighted by atomic mass is 35.5. The van der Waals surface area contributed by atoms with Gasteiger partial charge in [-0.25, -0.2) is 4.39 Å². The van der Waals surface area contributed by atoms with E-state index >= 15 is 0 Å². The van der Waals surface area contributed by atoms with Gasteiger partial charge < -0.3 is 5.11 Å². The molecule has 0 radical (unpaired) electrons. The summed E-state index contributed by atoms with van der Waals surface area (Å²) < 4.78 is 13.3. The van der Waals surface area contributed by atoms with Gasteiger partial charge in [-0.15, -0.1) is 0 Å². The van der Waals surface area contributed by atoms with Crippen molar-refractivity contribution in [1.29, 1.82) is 0 Å². The molecule has 1 heterocycles. The summed E-state index contributed by atoms with van der Waals surface area (Å²) in [5, 5.41) is 10.6. The van der Waals surface area contributed by atoms with E-state index in [1.807, 2.05) is 0 Å². The highest BCUT2D eigenvalue weighted by Gasteiger charge is 2.09. The van der Waals surface area contributed by atoms with Crippen molar-refractivity contribution in [1.82, 2.24) is 4.98 Å². The standard InChI is InChI=1S/C10H7ClFNO/c11-9-3-10(12)8(5-14)7-4-13-2-1-6(7)9/h1-4,14H,5H2. The summed E-state index contributed by atoms with van der Waals surface area (Å²) in [5.74, 6) is -0.502. The minimum Gasteiger partial charge on any atom is -0.392 e. The van der Waals surface area contributed by atoms with Gasteiger partial charge in [-0.1, -0.05) is 11.6 Å². The van der Waals surface area contributed by atoms with Crippen LogP contribution in [0.2, 0.25) is 5.02 Å². The number of pyridine rings is 1. The van der Waals surface area contributed by atoms with E-state index < -0.39 is 5.82 Å². The first-order valence-electron chi connectivity index (χ1n) is 4.05. The molecule has 2 rings (SSSR count). The van der Waals surface area contributed by atoms with Gasteiger partial charge in [-0.3, -0.25) is 4.98 Å². The average Bonchev–Trinajstić information content (AvgIpc) is 2.18. The number of nitrogens with zero attached hydrogens (tertiary/aromatic N) is 1. The van der Waals surface area contributed by atoms with E-state index in [1.54, 1.807) is 12.3 Å². The maximum atomic E-state index is 13.3. The molecule has 0 unspecified atom stereocenters. The van der Waals surface area contributed by atoms with Crippen LogP contribution in [0.25, 0.3) is 10.8 Å². The Morgan fingerprint density at radius 2 is 2.21 bits per heavy atom. The average molecular weight is 212 g/mol. The summed E-state index contributed by atoms with van der Waals surface area (Å²) in [6.45, 7) is -0.356. The molecule has 0 atom stereocenters. The Hall–Kier alpha value is -1.19. The zero-order chi connectivity index (χ0) is 10.1. The SMILES string of the molecule is OCc1c(F)cc(Cl)c2ccncc12. The summed E-state index contributed by atoms with van der Waals surface area (Å²) in [6.07, 6.45) is 3.07. The van der Waals surface area contributed by atoms with Gasteiger partial charge in [0.05, 0.1) is 11.6 Å². The number of hydrogen-bond donors (Lipinski definition) is 1. The van der Waals surface area contributed by atoms with E-state index in [4.69, 9.17) is 16.7 Å². The van der Waals surface area contributed by atoms with Crippen LogP contribution in [0, 0.1) is 5.82 Å². The molecule has 72 valence electrons. The van der Waals surface area contributed by atoms with Gasteiger partial charge in [0.15, 0.2) is 0 Å². The number of aliphatic hydroxyl groups is 1. The Morgan fingerprint density at radius 3 is 2.93 bits per heavy atom. The second-order valence-electron chi connectivity index (χ2n) is 2.90. The first kappa shape index (κ1) is 9.37. The molecule has 2 aromatic rings. The van der Waals surface area contributed by atoms with E-state index in [0.29, 0.717) is 15.8 Å². The fraction of sp³-hybridized carbons (Fsp3) is 0.100. The zero-order valence-electron chi connectivity index (χ0n) is 7.17. The van der Waals surface area contributed by atoms with Crippen LogP contribution in [0.4, 0.5) is 4.39 Å². The predicted octanol–water partition coefficient (Wildman–Crippen LogP) is 2.52. The van der Waals surface area contributed by atoms with Crippen LogP contribution >= 0.6 is 11.6 Å². The highest BCUT2D eigenvalue weighted by molar-refractivity contribution is 6.35. The lowest BCUT2D eigenvalue weighted by Gasteiger charge is -2.06. The topological polar surface area (TPSA) is 33.1 Å². The molecule has 0 aliphatic rings. The predicted molar refractivity (Wildman–Crippen MR) is 52.6 cm³/mol. The maximum absolute atomic E-state index is 13.3. The largest absolute Gasteiger partial charge is 0.392 e. The summed E-state index contributed by atoms with van der Waals surface area (Å²) in [4.78, 5) is 3.87. The molecule has 0 saturated heterocycles. The third-order valence-electron chi connectivity index (χ3n) is 2.10. The molecule has 2 nitrogen and oxygen atoms in total. The Morgan fingerprint density at radius 1 is 1.43 bits per heavy atom. The molecule has 4 heteroatoms. The van der Waals surface area contributed by atoms with Crippen molar-refractivity contribution in [3.63, 3.8) is 0 Å². The lowest BCUT2D eigenvalue weighted by molar-refractivity contribution is 0.277. The van der Waals surface area contributed by atoms with Crippen LogP contribution in [0.1, 0.15) is 5.56 Å². The van der Waals surface area contributed by atoms with Crippen molar-refractivity contribution < 1.29 is 9.50 Å². The lowest BCUT2D eigenvalue weighted by atomic mass is 10.1. The van der Waals surface area contributed by atoms with E-state index in [-0.39, 0.29) is 12.2 Å². The van der Waals surface area contributed by atoms with Gasteiger partial charge in [0, 0.05) is 28.7 Å². The smallest absolute Gasteiger partial charge is 0.130 e. The van der Waals surface area contributed by atoms with Crippen molar-refractivity contribution in [2.24, 2.45) is 0 Å². The third-order valence-corrected chi connectivity index (χ3v) is 2.42. The van der Waals surface area contributed by atoms with Crippen molar-refractivity contribution in [3.8, 4) is 0 Å². The molecule has 0 saturated carbocycles. The summed E-state index contributed by atoms with van der Waals surface area (Å²) >= 11 is 5.84. The minimum absolute atomic E-state index is 0.234. The molecular weight excluding hydrogens is 205 g/mol. The molecular formula is C10H7ClFNO. The van der Waals surface area contributed by atoms with Gasteiger partial charge in [-0.2, -0.15) is 0 Å². The number of rotatable bonds is 1. The van der Waals surface area contributed by atoms with Crippen LogP contribution in [0.5, 0.6) is 0 Å². The molecule has 0 aliphatic carbocycles. The normalized spacial score (nSPS) is 10.8. The van der Waals surface area contributed by atoms with E-state index in [2.05, 4.69) is 4.98 Å². The number of hydrogen-bond acceptors (Lipinski definition) is 2. The van der Waals surface area contributed by atoms with Crippen molar-refractivity contribution in [2.75, 3.05) is 0 Å². The van der Waals surface area contributed by atoms with Gasteiger partial charge in [0.1, 0.15) is 5.82 Å². The molecule has 0 amide bonds. The Balaban J connectivity index is 2.90. The van der Waals surface area contributed by atoms with Crippen LogP contribution < -0.4 is 0 Å². The first-order valence-corrected chi connectivity index (χ1v) is 4.43. The molecule has 0 aliphatic heterocycles. The summed E-state index contributed by atoms with van der Waals surface area (Å²) in [5.41, 5.74) is 0.234. The second-order valence-corrected chi connectivity index (χ2v) is 3.31. The van der Waals surface area contributed by atoms with Crippen molar-refractivity contribution in [2.45, 2.75) is 6.61 Å².